The van der Waals surface area contributed by atoms with Crippen molar-refractivity contribution in [2.75, 3.05) is 18.1 Å². The van der Waals surface area contributed by atoms with Crippen LogP contribution in [-0.2, 0) is 4.79 Å². The number of aliphatic carboxylic acids is 1. The zero-order valence-electron chi connectivity index (χ0n) is 18.6. The summed E-state index contributed by atoms with van der Waals surface area (Å²) in [5.41, 5.74) is 1.84. The molecule has 33 heavy (non-hydrogen) atoms. The summed E-state index contributed by atoms with van der Waals surface area (Å²) in [4.78, 5) is 38.7. The molecule has 0 bridgehead atoms. The number of carboxylic acid groups (broad SMARTS) is 1. The average Bonchev–Trinajstić information content (AvgIpc) is 3.65. The van der Waals surface area contributed by atoms with Crippen molar-refractivity contribution in [1.29, 1.82) is 0 Å². The maximum absolute atomic E-state index is 13.1. The highest BCUT2D eigenvalue weighted by atomic mass is 32.2. The maximum atomic E-state index is 13.1. The number of imide groups is 1. The number of rotatable bonds is 9. The molecule has 2 aromatic rings. The smallest absolute Gasteiger partial charge is 0.327 e. The second-order valence-electron chi connectivity index (χ2n) is 7.97. The fourth-order valence-corrected chi connectivity index (χ4v) is 4.37. The molecule has 0 aliphatic heterocycles. The lowest BCUT2D eigenvalue weighted by molar-refractivity contribution is -0.138. The van der Waals surface area contributed by atoms with E-state index in [1.807, 2.05) is 37.3 Å². The summed E-state index contributed by atoms with van der Waals surface area (Å²) in [6, 6.07) is 14.6. The molecule has 3 amide bonds. The van der Waals surface area contributed by atoms with Gasteiger partial charge < -0.3 is 10.4 Å². The highest BCUT2D eigenvalue weighted by Crippen LogP contribution is 2.32. The Morgan fingerprint density at radius 1 is 1.09 bits per heavy atom. The van der Waals surface area contributed by atoms with E-state index < -0.39 is 23.9 Å². The molecule has 2 aromatic carbocycles. The molecular formula is C26H28N2O4S. The first kappa shape index (κ1) is 24.4. The quantitative estimate of drug-likeness (QED) is 0.542. The number of carbonyl (C=O) groups excluding carboxylic acids is 2. The summed E-state index contributed by atoms with van der Waals surface area (Å²) in [6.45, 7) is 2.04. The summed E-state index contributed by atoms with van der Waals surface area (Å²) in [5.74, 6) is 6.34. The second-order valence-corrected chi connectivity index (χ2v) is 9.05. The number of benzene rings is 2. The predicted molar refractivity (Wildman–Crippen MR) is 130 cm³/mol. The van der Waals surface area contributed by atoms with Gasteiger partial charge in [0.2, 0.25) is 0 Å². The Kier molecular flexibility index (Phi) is 8.96. The fourth-order valence-electron chi connectivity index (χ4n) is 3.11. The van der Waals surface area contributed by atoms with E-state index in [4.69, 9.17) is 0 Å². The van der Waals surface area contributed by atoms with Crippen LogP contribution in [0.2, 0.25) is 0 Å². The van der Waals surface area contributed by atoms with Crippen molar-refractivity contribution in [3.63, 3.8) is 0 Å². The number of urea groups is 1. The van der Waals surface area contributed by atoms with Crippen LogP contribution in [0, 0.1) is 17.8 Å². The first-order chi connectivity index (χ1) is 16.0. The normalized spacial score (nSPS) is 13.4. The first-order valence-electron chi connectivity index (χ1n) is 11.1. The van der Waals surface area contributed by atoms with E-state index in [9.17, 15) is 19.5 Å². The molecule has 0 spiro atoms. The monoisotopic (exact) mass is 464 g/mol. The van der Waals surface area contributed by atoms with Crippen molar-refractivity contribution in [2.45, 2.75) is 32.2 Å². The van der Waals surface area contributed by atoms with Crippen LogP contribution in [0.1, 0.15) is 47.7 Å². The van der Waals surface area contributed by atoms with Gasteiger partial charge in [-0.2, -0.15) is 11.8 Å². The lowest BCUT2D eigenvalue weighted by Crippen LogP contribution is -2.51. The zero-order valence-corrected chi connectivity index (χ0v) is 19.4. The van der Waals surface area contributed by atoms with Crippen molar-refractivity contribution in [1.82, 2.24) is 10.2 Å². The van der Waals surface area contributed by atoms with Gasteiger partial charge in [-0.05, 0) is 61.3 Å². The third-order valence-electron chi connectivity index (χ3n) is 5.10. The van der Waals surface area contributed by atoms with Crippen LogP contribution in [0.5, 0.6) is 0 Å². The SMILES string of the molecule is CCCN(C(=O)NC(CSCC1CC1)C(=O)O)C(=O)c1cccc(C#Cc2ccccc2)c1. The largest absolute Gasteiger partial charge is 0.480 e. The molecule has 0 radical (unpaired) electrons. The van der Waals surface area contributed by atoms with Crippen LogP contribution in [0.4, 0.5) is 4.79 Å². The molecule has 1 aliphatic rings. The van der Waals surface area contributed by atoms with Gasteiger partial charge in [0.15, 0.2) is 0 Å². The lowest BCUT2D eigenvalue weighted by Gasteiger charge is -2.23. The topological polar surface area (TPSA) is 86.7 Å². The number of thioether (sulfide) groups is 1. The molecule has 172 valence electrons. The molecule has 0 aromatic heterocycles. The highest BCUT2D eigenvalue weighted by Gasteiger charge is 2.28. The minimum absolute atomic E-state index is 0.187. The van der Waals surface area contributed by atoms with E-state index in [0.717, 1.165) is 16.2 Å². The summed E-state index contributed by atoms with van der Waals surface area (Å²) in [6.07, 6.45) is 2.93. The molecule has 1 atom stereocenters. The Hall–Kier alpha value is -3.24. The molecule has 1 fully saturated rings. The van der Waals surface area contributed by atoms with E-state index in [0.29, 0.717) is 23.5 Å². The summed E-state index contributed by atoms with van der Waals surface area (Å²) >= 11 is 1.52. The van der Waals surface area contributed by atoms with Crippen LogP contribution >= 0.6 is 11.8 Å². The lowest BCUT2D eigenvalue weighted by atomic mass is 10.1. The first-order valence-corrected chi connectivity index (χ1v) is 12.2. The molecule has 7 heteroatoms. The number of hydrogen-bond acceptors (Lipinski definition) is 4. The fraction of sp³-hybridized carbons (Fsp3) is 0.346. The Balaban J connectivity index is 1.69. The van der Waals surface area contributed by atoms with Gasteiger partial charge in [0.1, 0.15) is 6.04 Å². The van der Waals surface area contributed by atoms with Gasteiger partial charge in [0, 0.05) is 29.0 Å². The van der Waals surface area contributed by atoms with Crippen LogP contribution in [0.25, 0.3) is 0 Å². The van der Waals surface area contributed by atoms with Crippen molar-refractivity contribution in [3.8, 4) is 11.8 Å². The molecule has 1 unspecified atom stereocenters. The van der Waals surface area contributed by atoms with Crippen LogP contribution in [0.15, 0.2) is 54.6 Å². The van der Waals surface area contributed by atoms with Crippen LogP contribution in [0.3, 0.4) is 0 Å². The van der Waals surface area contributed by atoms with E-state index in [-0.39, 0.29) is 12.3 Å². The number of carboxylic acids is 1. The Labute approximate surface area is 198 Å². The molecule has 1 saturated carbocycles. The van der Waals surface area contributed by atoms with Crippen molar-refractivity contribution in [2.24, 2.45) is 5.92 Å². The maximum Gasteiger partial charge on any atom is 0.327 e. The highest BCUT2D eigenvalue weighted by molar-refractivity contribution is 7.99. The van der Waals surface area contributed by atoms with Gasteiger partial charge in [-0.3, -0.25) is 9.69 Å². The standard InChI is InChI=1S/C26H28N2O4S/c1-2-15-28(26(32)27-23(25(30)31)18-33-17-21-13-14-21)24(29)22-10-6-9-20(16-22)12-11-19-7-4-3-5-8-19/h3-10,16,21,23H,2,13-15,17-18H2,1H3,(H,27,32)(H,30,31). The molecule has 1 aliphatic carbocycles. The third kappa shape index (κ3) is 7.69. The molecule has 0 saturated heterocycles. The Morgan fingerprint density at radius 3 is 2.45 bits per heavy atom. The van der Waals surface area contributed by atoms with Gasteiger partial charge in [-0.25, -0.2) is 9.59 Å². The number of nitrogens with zero attached hydrogens (tertiary/aromatic N) is 1. The Bertz CT molecular complexity index is 1040. The van der Waals surface area contributed by atoms with Crippen molar-refractivity contribution < 1.29 is 19.5 Å². The molecule has 6 nitrogen and oxygen atoms in total. The van der Waals surface area contributed by atoms with Crippen LogP contribution < -0.4 is 5.32 Å². The van der Waals surface area contributed by atoms with Gasteiger partial charge in [0.25, 0.3) is 5.91 Å². The third-order valence-corrected chi connectivity index (χ3v) is 6.38. The van der Waals surface area contributed by atoms with Gasteiger partial charge >= 0.3 is 12.0 Å². The molecule has 2 N–H and O–H groups in total. The van der Waals surface area contributed by atoms with Gasteiger partial charge in [0.05, 0.1) is 0 Å². The number of amides is 3. The minimum Gasteiger partial charge on any atom is -0.480 e. The number of carbonyl (C=O) groups is 3. The molecule has 3 rings (SSSR count). The average molecular weight is 465 g/mol. The van der Waals surface area contributed by atoms with Crippen molar-refractivity contribution >= 4 is 29.7 Å². The predicted octanol–water partition coefficient (Wildman–Crippen LogP) is 4.24. The zero-order chi connectivity index (χ0) is 23.6. The second kappa shape index (κ2) is 12.1. The number of hydrogen-bond donors (Lipinski definition) is 2. The van der Waals surface area contributed by atoms with Crippen LogP contribution in [-0.4, -0.2) is 52.0 Å². The van der Waals surface area contributed by atoms with E-state index >= 15 is 0 Å². The van der Waals surface area contributed by atoms with E-state index in [1.54, 1.807) is 24.3 Å². The summed E-state index contributed by atoms with van der Waals surface area (Å²) in [5, 5.41) is 12.0. The Morgan fingerprint density at radius 2 is 1.79 bits per heavy atom. The number of nitrogens with one attached hydrogen (secondary N) is 1. The van der Waals surface area contributed by atoms with Gasteiger partial charge in [-0.15, -0.1) is 0 Å². The van der Waals surface area contributed by atoms with Gasteiger partial charge in [-0.1, -0.05) is 43.0 Å². The van der Waals surface area contributed by atoms with E-state index in [2.05, 4.69) is 17.2 Å². The minimum atomic E-state index is -1.10. The summed E-state index contributed by atoms with van der Waals surface area (Å²) in [7, 11) is 0. The van der Waals surface area contributed by atoms with Crippen molar-refractivity contribution in [3.05, 3.63) is 71.3 Å². The molecule has 0 heterocycles. The van der Waals surface area contributed by atoms with E-state index in [1.165, 1.54) is 24.6 Å². The molecular weight excluding hydrogens is 436 g/mol. The summed E-state index contributed by atoms with van der Waals surface area (Å²) < 4.78 is 0.